The van der Waals surface area contributed by atoms with Crippen LogP contribution >= 0.6 is 31.9 Å². The third-order valence-corrected chi connectivity index (χ3v) is 4.13. The zero-order valence-corrected chi connectivity index (χ0v) is 15.0. The van der Waals surface area contributed by atoms with Crippen molar-refractivity contribution in [3.8, 4) is 5.75 Å². The fraction of sp³-hybridized carbons (Fsp3) is 0.250. The van der Waals surface area contributed by atoms with Gasteiger partial charge in [-0.15, -0.1) is 0 Å². The van der Waals surface area contributed by atoms with E-state index in [4.69, 9.17) is 4.74 Å². The Hall–Kier alpha value is -0.910. The molecule has 2 nitrogen and oxygen atoms in total. The maximum atomic E-state index is 14.2. The van der Waals surface area contributed by atoms with Crippen molar-refractivity contribution in [2.45, 2.75) is 13.0 Å². The normalized spacial score (nSPS) is 12.2. The van der Waals surface area contributed by atoms with Crippen molar-refractivity contribution in [3.63, 3.8) is 0 Å². The maximum Gasteiger partial charge on any atom is 0.128 e. The van der Waals surface area contributed by atoms with Crippen LogP contribution in [0.4, 0.5) is 4.39 Å². The molecule has 2 rings (SSSR count). The smallest absolute Gasteiger partial charge is 0.128 e. The van der Waals surface area contributed by atoms with Gasteiger partial charge in [0.1, 0.15) is 11.6 Å². The van der Waals surface area contributed by atoms with Crippen LogP contribution in [0.25, 0.3) is 0 Å². The van der Waals surface area contributed by atoms with Gasteiger partial charge in [0.15, 0.2) is 0 Å². The van der Waals surface area contributed by atoms with E-state index in [1.165, 1.54) is 6.07 Å². The minimum Gasteiger partial charge on any atom is -0.494 e. The molecule has 1 unspecified atom stereocenters. The van der Waals surface area contributed by atoms with Crippen molar-refractivity contribution in [1.29, 1.82) is 0 Å². The Bertz CT molecular complexity index is 634. The van der Waals surface area contributed by atoms with Gasteiger partial charge in [0.2, 0.25) is 0 Å². The topological polar surface area (TPSA) is 21.3 Å². The number of ether oxygens (including phenoxy) is 1. The molecular formula is C16H16Br2FNO. The molecule has 1 atom stereocenters. The van der Waals surface area contributed by atoms with Crippen LogP contribution in [0.5, 0.6) is 5.75 Å². The molecule has 5 heteroatoms. The molecule has 112 valence electrons. The summed E-state index contributed by atoms with van der Waals surface area (Å²) >= 11 is 6.86. The van der Waals surface area contributed by atoms with Crippen LogP contribution in [0.3, 0.4) is 0 Å². The van der Waals surface area contributed by atoms with E-state index in [9.17, 15) is 4.39 Å². The molecule has 0 saturated carbocycles. The van der Waals surface area contributed by atoms with Gasteiger partial charge in [-0.3, -0.25) is 0 Å². The molecule has 0 amide bonds. The van der Waals surface area contributed by atoms with E-state index in [1.54, 1.807) is 12.1 Å². The zero-order chi connectivity index (χ0) is 15.4. The van der Waals surface area contributed by atoms with Crippen molar-refractivity contribution in [1.82, 2.24) is 5.32 Å². The predicted octanol–water partition coefficient (Wildman–Crippen LogP) is 5.06. The third-order valence-electron chi connectivity index (χ3n) is 3.14. The van der Waals surface area contributed by atoms with E-state index in [-0.39, 0.29) is 11.9 Å². The van der Waals surface area contributed by atoms with Crippen molar-refractivity contribution >= 4 is 31.9 Å². The largest absolute Gasteiger partial charge is 0.494 e. The summed E-state index contributed by atoms with van der Waals surface area (Å²) in [5.41, 5.74) is 1.47. The first-order valence-electron chi connectivity index (χ1n) is 6.61. The Morgan fingerprint density at radius 2 is 1.71 bits per heavy atom. The minimum absolute atomic E-state index is 0.250. The summed E-state index contributed by atoms with van der Waals surface area (Å²) in [6, 6.07) is 10.4. The van der Waals surface area contributed by atoms with Crippen LogP contribution in [0, 0.1) is 5.82 Å². The van der Waals surface area contributed by atoms with Crippen molar-refractivity contribution in [3.05, 3.63) is 62.3 Å². The Balaban J connectivity index is 2.55. The first-order valence-corrected chi connectivity index (χ1v) is 8.19. The van der Waals surface area contributed by atoms with Gasteiger partial charge in [-0.25, -0.2) is 4.39 Å². The van der Waals surface area contributed by atoms with Gasteiger partial charge < -0.3 is 10.1 Å². The minimum atomic E-state index is -0.290. The number of halogens is 3. The Morgan fingerprint density at radius 3 is 2.33 bits per heavy atom. The summed E-state index contributed by atoms with van der Waals surface area (Å²) in [5.74, 6) is 0.499. The van der Waals surface area contributed by atoms with E-state index in [0.717, 1.165) is 20.3 Å². The van der Waals surface area contributed by atoms with Gasteiger partial charge >= 0.3 is 0 Å². The van der Waals surface area contributed by atoms with Crippen LogP contribution < -0.4 is 10.1 Å². The predicted molar refractivity (Wildman–Crippen MR) is 90.3 cm³/mol. The fourth-order valence-electron chi connectivity index (χ4n) is 2.25. The Labute approximate surface area is 141 Å². The van der Waals surface area contributed by atoms with Gasteiger partial charge in [0.05, 0.1) is 12.6 Å². The van der Waals surface area contributed by atoms with Gasteiger partial charge in [-0.1, -0.05) is 31.9 Å². The van der Waals surface area contributed by atoms with Crippen LogP contribution in [-0.4, -0.2) is 13.7 Å². The Kier molecular flexibility index (Phi) is 5.79. The lowest BCUT2D eigenvalue weighted by Crippen LogP contribution is -2.20. The summed E-state index contributed by atoms with van der Waals surface area (Å²) < 4.78 is 21.6. The second-order valence-electron chi connectivity index (χ2n) is 4.50. The molecule has 2 aromatic rings. The van der Waals surface area contributed by atoms with E-state index < -0.39 is 0 Å². The average Bonchev–Trinajstić information content (AvgIpc) is 2.46. The highest BCUT2D eigenvalue weighted by atomic mass is 79.9. The highest BCUT2D eigenvalue weighted by Gasteiger charge is 2.20. The van der Waals surface area contributed by atoms with Gasteiger partial charge in [-0.05, 0) is 50.4 Å². The Morgan fingerprint density at radius 1 is 1.10 bits per heavy atom. The molecule has 0 aromatic heterocycles. The lowest BCUT2D eigenvalue weighted by Gasteiger charge is -2.21. The summed E-state index contributed by atoms with van der Waals surface area (Å²) in [7, 11) is 1.81. The standard InChI is InChI=1S/C16H16Br2FNO/c1-3-21-15-7-5-11(18)9-13(15)16(20-2)12-8-10(17)4-6-14(12)19/h4-9,16,20H,3H2,1-2H3. The molecule has 21 heavy (non-hydrogen) atoms. The second-order valence-corrected chi connectivity index (χ2v) is 6.33. The van der Waals surface area contributed by atoms with E-state index in [1.807, 2.05) is 32.2 Å². The number of hydrogen-bond donors (Lipinski definition) is 1. The van der Waals surface area contributed by atoms with Crippen LogP contribution in [0.15, 0.2) is 45.3 Å². The van der Waals surface area contributed by atoms with Crippen LogP contribution in [0.2, 0.25) is 0 Å². The highest BCUT2D eigenvalue weighted by Crippen LogP contribution is 2.34. The van der Waals surface area contributed by atoms with Crippen molar-refractivity contribution in [2.24, 2.45) is 0 Å². The lowest BCUT2D eigenvalue weighted by atomic mass is 9.97. The van der Waals surface area contributed by atoms with E-state index >= 15 is 0 Å². The monoisotopic (exact) mass is 415 g/mol. The fourth-order valence-corrected chi connectivity index (χ4v) is 3.00. The molecule has 0 spiro atoms. The number of rotatable bonds is 5. The van der Waals surface area contributed by atoms with Crippen molar-refractivity contribution < 1.29 is 9.13 Å². The SMILES string of the molecule is CCOc1ccc(Br)cc1C(NC)c1cc(Br)ccc1F. The molecule has 0 saturated heterocycles. The zero-order valence-electron chi connectivity index (χ0n) is 11.8. The molecule has 0 aliphatic carbocycles. The molecule has 0 aliphatic heterocycles. The summed E-state index contributed by atoms with van der Waals surface area (Å²) in [5, 5.41) is 3.17. The number of benzene rings is 2. The van der Waals surface area contributed by atoms with Gasteiger partial charge in [0, 0.05) is 20.1 Å². The van der Waals surface area contributed by atoms with E-state index in [0.29, 0.717) is 12.2 Å². The molecule has 0 fully saturated rings. The van der Waals surface area contributed by atoms with Crippen LogP contribution in [-0.2, 0) is 0 Å². The molecule has 0 bridgehead atoms. The third kappa shape index (κ3) is 3.84. The maximum absolute atomic E-state index is 14.2. The summed E-state index contributed by atoms with van der Waals surface area (Å²) in [4.78, 5) is 0. The summed E-state index contributed by atoms with van der Waals surface area (Å²) in [6.07, 6.45) is 0. The molecule has 2 aromatic carbocycles. The molecule has 0 radical (unpaired) electrons. The van der Waals surface area contributed by atoms with Crippen molar-refractivity contribution in [2.75, 3.05) is 13.7 Å². The number of hydrogen-bond acceptors (Lipinski definition) is 2. The quantitative estimate of drug-likeness (QED) is 0.735. The molecule has 0 heterocycles. The molecular weight excluding hydrogens is 401 g/mol. The van der Waals surface area contributed by atoms with Crippen LogP contribution in [0.1, 0.15) is 24.1 Å². The van der Waals surface area contributed by atoms with Gasteiger partial charge in [0.25, 0.3) is 0 Å². The van der Waals surface area contributed by atoms with E-state index in [2.05, 4.69) is 37.2 Å². The molecule has 0 aliphatic rings. The molecule has 1 N–H and O–H groups in total. The average molecular weight is 417 g/mol. The summed E-state index contributed by atoms with van der Waals surface area (Å²) in [6.45, 7) is 2.49. The van der Waals surface area contributed by atoms with Gasteiger partial charge in [-0.2, -0.15) is 0 Å². The first kappa shape index (κ1) is 16.5. The number of nitrogens with one attached hydrogen (secondary N) is 1. The first-order chi connectivity index (χ1) is 10.1. The highest BCUT2D eigenvalue weighted by molar-refractivity contribution is 9.10. The lowest BCUT2D eigenvalue weighted by molar-refractivity contribution is 0.333. The second kappa shape index (κ2) is 7.38.